The van der Waals surface area contributed by atoms with Crippen LogP contribution in [-0.4, -0.2) is 27.9 Å². The van der Waals surface area contributed by atoms with Crippen molar-refractivity contribution in [3.63, 3.8) is 0 Å². The van der Waals surface area contributed by atoms with E-state index in [0.29, 0.717) is 5.75 Å². The topological polar surface area (TPSA) is 74.6 Å². The molecule has 0 fully saturated rings. The number of unbranched alkanes of at least 4 members (excludes halogenated alkanes) is 5. The second kappa shape index (κ2) is 13.9. The van der Waals surface area contributed by atoms with Crippen LogP contribution in [0.5, 0.6) is 0 Å². The molecule has 4 nitrogen and oxygen atoms in total. The van der Waals surface area contributed by atoms with Gasteiger partial charge in [0.05, 0.1) is 6.42 Å². The summed E-state index contributed by atoms with van der Waals surface area (Å²) in [6.45, 7) is 0. The van der Waals surface area contributed by atoms with Gasteiger partial charge < -0.3 is 10.2 Å². The van der Waals surface area contributed by atoms with Crippen molar-refractivity contribution in [1.82, 2.24) is 0 Å². The van der Waals surface area contributed by atoms with Crippen molar-refractivity contribution in [3.05, 3.63) is 71.3 Å². The van der Waals surface area contributed by atoms with Gasteiger partial charge in [0.15, 0.2) is 0 Å². The van der Waals surface area contributed by atoms with Gasteiger partial charge in [-0.05, 0) is 42.4 Å². The molecule has 0 aliphatic rings. The lowest BCUT2D eigenvalue weighted by atomic mass is 9.98. The summed E-state index contributed by atoms with van der Waals surface area (Å²) in [6.07, 6.45) is 9.07. The lowest BCUT2D eigenvalue weighted by molar-refractivity contribution is -0.137. The molecule has 0 radical (unpaired) electrons. The smallest absolute Gasteiger partial charge is 0.321 e. The average Bonchev–Trinajstić information content (AvgIpc) is 2.74. The first-order chi connectivity index (χ1) is 14.6. The van der Waals surface area contributed by atoms with E-state index in [0.717, 1.165) is 36.8 Å². The average molecular weight is 429 g/mol. The van der Waals surface area contributed by atoms with Gasteiger partial charge in [-0.3, -0.25) is 9.59 Å². The molecule has 0 heterocycles. The zero-order valence-electron chi connectivity index (χ0n) is 17.5. The molecule has 0 aromatic heterocycles. The van der Waals surface area contributed by atoms with Crippen LogP contribution in [0.3, 0.4) is 0 Å². The molecule has 5 heteroatoms. The molecular weight excluding hydrogens is 396 g/mol. The molecule has 0 bridgehead atoms. The Morgan fingerprint density at radius 1 is 0.767 bits per heavy atom. The molecule has 0 spiro atoms. The third kappa shape index (κ3) is 9.04. The van der Waals surface area contributed by atoms with Crippen LogP contribution in [0.15, 0.2) is 54.6 Å². The number of hydrogen-bond donors (Lipinski definition) is 2. The molecule has 0 saturated carbocycles. The second-order valence-corrected chi connectivity index (χ2v) is 8.75. The van der Waals surface area contributed by atoms with Crippen molar-refractivity contribution in [2.24, 2.45) is 0 Å². The highest BCUT2D eigenvalue weighted by atomic mass is 32.2. The Bertz CT molecular complexity index is 776. The van der Waals surface area contributed by atoms with Gasteiger partial charge in [0.25, 0.3) is 0 Å². The molecule has 2 N–H and O–H groups in total. The van der Waals surface area contributed by atoms with Crippen LogP contribution in [0.4, 0.5) is 0 Å². The van der Waals surface area contributed by atoms with Crippen molar-refractivity contribution in [1.29, 1.82) is 0 Å². The van der Waals surface area contributed by atoms with Crippen molar-refractivity contribution < 1.29 is 19.8 Å². The summed E-state index contributed by atoms with van der Waals surface area (Å²) in [6, 6.07) is 18.3. The van der Waals surface area contributed by atoms with Gasteiger partial charge in [0.1, 0.15) is 5.25 Å². The normalized spacial score (nSPS) is 11.9. The monoisotopic (exact) mass is 428 g/mol. The van der Waals surface area contributed by atoms with E-state index >= 15 is 0 Å². The fraction of sp³-hybridized carbons (Fsp3) is 0.440. The maximum absolute atomic E-state index is 11.7. The molecule has 0 aliphatic heterocycles. The Labute approximate surface area is 183 Å². The van der Waals surface area contributed by atoms with Gasteiger partial charge >= 0.3 is 11.9 Å². The molecule has 0 unspecified atom stereocenters. The lowest BCUT2D eigenvalue weighted by Crippen LogP contribution is -2.12. The molecular formula is C25H32O4S. The van der Waals surface area contributed by atoms with Gasteiger partial charge in [0, 0.05) is 5.75 Å². The van der Waals surface area contributed by atoms with E-state index in [9.17, 15) is 14.7 Å². The molecule has 1 atom stereocenters. The summed E-state index contributed by atoms with van der Waals surface area (Å²) < 4.78 is 0. The molecule has 30 heavy (non-hydrogen) atoms. The van der Waals surface area contributed by atoms with Crippen LogP contribution in [0, 0.1) is 0 Å². The standard InChI is InChI=1S/C25H32O4S/c26-23(27)18-19-30-24(25(28)29)22-17-11-10-16-21(22)15-9-4-2-1-3-6-12-20-13-7-5-8-14-20/h5,7-8,10-11,13-14,16-17,24H,1-4,6,9,12,15,18-19H2,(H,26,27)(H,28,29)/t24-/m0/s1. The van der Waals surface area contributed by atoms with Crippen LogP contribution in [-0.2, 0) is 22.4 Å². The van der Waals surface area contributed by atoms with Gasteiger partial charge in [-0.2, -0.15) is 0 Å². The van der Waals surface area contributed by atoms with Crippen molar-refractivity contribution in [3.8, 4) is 0 Å². The Morgan fingerprint density at radius 3 is 2.03 bits per heavy atom. The van der Waals surface area contributed by atoms with Crippen molar-refractivity contribution in [2.45, 2.75) is 63.0 Å². The Hall–Kier alpha value is -2.27. The van der Waals surface area contributed by atoms with Gasteiger partial charge in [-0.1, -0.05) is 80.3 Å². The van der Waals surface area contributed by atoms with Crippen molar-refractivity contribution >= 4 is 23.7 Å². The summed E-state index contributed by atoms with van der Waals surface area (Å²) in [4.78, 5) is 22.5. The molecule has 0 aliphatic carbocycles. The van der Waals surface area contributed by atoms with E-state index in [1.807, 2.05) is 24.3 Å². The molecule has 2 aromatic carbocycles. The first kappa shape index (κ1) is 24.0. The molecule has 0 saturated heterocycles. The zero-order chi connectivity index (χ0) is 21.6. The van der Waals surface area contributed by atoms with Gasteiger partial charge in [0.2, 0.25) is 0 Å². The van der Waals surface area contributed by atoms with E-state index in [-0.39, 0.29) is 6.42 Å². The third-order valence-corrected chi connectivity index (χ3v) is 6.40. The fourth-order valence-corrected chi connectivity index (χ4v) is 4.65. The number of carboxylic acid groups (broad SMARTS) is 2. The highest BCUT2D eigenvalue weighted by Crippen LogP contribution is 2.32. The minimum absolute atomic E-state index is 0.0269. The zero-order valence-corrected chi connectivity index (χ0v) is 18.3. The van der Waals surface area contributed by atoms with E-state index < -0.39 is 17.2 Å². The minimum Gasteiger partial charge on any atom is -0.481 e. The van der Waals surface area contributed by atoms with Crippen LogP contribution < -0.4 is 0 Å². The maximum Gasteiger partial charge on any atom is 0.321 e. The number of carboxylic acids is 2. The Kier molecular flexibility index (Phi) is 11.1. The van der Waals surface area contributed by atoms with Gasteiger partial charge in [-0.25, -0.2) is 0 Å². The fourth-order valence-electron chi connectivity index (χ4n) is 3.57. The number of thioether (sulfide) groups is 1. The Balaban J connectivity index is 1.72. The van der Waals surface area contributed by atoms with Gasteiger partial charge in [-0.15, -0.1) is 11.8 Å². The quantitative estimate of drug-likeness (QED) is 0.333. The third-order valence-electron chi connectivity index (χ3n) is 5.17. The predicted octanol–water partition coefficient (Wildman–Crippen LogP) is 6.15. The number of aryl methyl sites for hydroxylation is 2. The predicted molar refractivity (Wildman–Crippen MR) is 123 cm³/mol. The number of rotatable bonds is 15. The maximum atomic E-state index is 11.7. The van der Waals surface area contributed by atoms with Crippen LogP contribution >= 0.6 is 11.8 Å². The summed E-state index contributed by atoms with van der Waals surface area (Å²) in [5.41, 5.74) is 3.28. The van der Waals surface area contributed by atoms with Crippen LogP contribution in [0.25, 0.3) is 0 Å². The van der Waals surface area contributed by atoms with Crippen LogP contribution in [0.2, 0.25) is 0 Å². The largest absolute Gasteiger partial charge is 0.481 e. The van der Waals surface area contributed by atoms with E-state index in [4.69, 9.17) is 5.11 Å². The molecule has 0 amide bonds. The number of hydrogen-bond acceptors (Lipinski definition) is 3. The van der Waals surface area contributed by atoms with Crippen molar-refractivity contribution in [2.75, 3.05) is 5.75 Å². The highest BCUT2D eigenvalue weighted by Gasteiger charge is 2.23. The lowest BCUT2D eigenvalue weighted by Gasteiger charge is -2.16. The minimum atomic E-state index is -0.906. The summed E-state index contributed by atoms with van der Waals surface area (Å²) in [7, 11) is 0. The number of aliphatic carboxylic acids is 2. The second-order valence-electron chi connectivity index (χ2n) is 7.54. The first-order valence-corrected chi connectivity index (χ1v) is 11.8. The number of benzene rings is 2. The SMILES string of the molecule is O=C(O)CCS[C@H](C(=O)O)c1ccccc1CCCCCCCCc1ccccc1. The molecule has 2 rings (SSSR count). The number of carbonyl (C=O) groups is 2. The molecule has 2 aromatic rings. The van der Waals surface area contributed by atoms with E-state index in [2.05, 4.69) is 30.3 Å². The Morgan fingerprint density at radius 2 is 1.37 bits per heavy atom. The highest BCUT2D eigenvalue weighted by molar-refractivity contribution is 8.00. The van der Waals surface area contributed by atoms with Crippen LogP contribution in [0.1, 0.15) is 66.9 Å². The van der Waals surface area contributed by atoms with E-state index in [1.54, 1.807) is 0 Å². The molecule has 162 valence electrons. The summed E-state index contributed by atoms with van der Waals surface area (Å²) in [5.74, 6) is -1.51. The summed E-state index contributed by atoms with van der Waals surface area (Å²) >= 11 is 1.20. The van der Waals surface area contributed by atoms with E-state index in [1.165, 1.54) is 43.0 Å². The summed E-state index contributed by atoms with van der Waals surface area (Å²) in [5, 5.41) is 17.7. The first-order valence-electron chi connectivity index (χ1n) is 10.8.